The van der Waals surface area contributed by atoms with Crippen molar-refractivity contribution in [3.05, 3.63) is 22.4 Å². The average Bonchev–Trinajstić information content (AvgIpc) is 2.99. The molecule has 0 bridgehead atoms. The topological polar surface area (TPSA) is 24.4 Å². The highest BCUT2D eigenvalue weighted by molar-refractivity contribution is 8.14. The lowest BCUT2D eigenvalue weighted by Gasteiger charge is -2.17. The fourth-order valence-electron chi connectivity index (χ4n) is 2.37. The molecule has 0 saturated carbocycles. The maximum Gasteiger partial charge on any atom is 0.157 e. The summed E-state index contributed by atoms with van der Waals surface area (Å²) < 4.78 is 0. The third-order valence-corrected chi connectivity index (χ3v) is 5.25. The van der Waals surface area contributed by atoms with E-state index in [-0.39, 0.29) is 0 Å². The third kappa shape index (κ3) is 4.53. The molecule has 1 aliphatic heterocycles. The molecular weight excluding hydrogens is 272 g/mol. The molecular formula is C15H24N2S2. The lowest BCUT2D eigenvalue weighted by molar-refractivity contribution is 0.526. The Hall–Kier alpha value is -0.480. The maximum atomic E-state index is 4.83. The molecule has 2 nitrogen and oxygen atoms in total. The van der Waals surface area contributed by atoms with Crippen LogP contribution in [-0.2, 0) is 0 Å². The van der Waals surface area contributed by atoms with E-state index in [9.17, 15) is 0 Å². The molecule has 1 aromatic heterocycles. The summed E-state index contributed by atoms with van der Waals surface area (Å²) in [4.78, 5) is 6.26. The van der Waals surface area contributed by atoms with E-state index in [1.807, 2.05) is 23.1 Å². The van der Waals surface area contributed by atoms with Gasteiger partial charge in [0.1, 0.15) is 0 Å². The molecule has 0 fully saturated rings. The van der Waals surface area contributed by atoms with E-state index in [0.717, 1.165) is 16.8 Å². The number of hydrogen-bond acceptors (Lipinski definition) is 4. The van der Waals surface area contributed by atoms with Gasteiger partial charge in [0.05, 0.1) is 12.1 Å². The minimum Gasteiger partial charge on any atom is -0.357 e. The van der Waals surface area contributed by atoms with Gasteiger partial charge in [-0.2, -0.15) is 0 Å². The quantitative estimate of drug-likeness (QED) is 0.823. The van der Waals surface area contributed by atoms with Gasteiger partial charge in [0, 0.05) is 10.6 Å². The molecule has 2 unspecified atom stereocenters. The molecule has 2 rings (SSSR count). The van der Waals surface area contributed by atoms with Crippen molar-refractivity contribution in [3.8, 4) is 0 Å². The van der Waals surface area contributed by atoms with Crippen LogP contribution < -0.4 is 5.32 Å². The predicted molar refractivity (Wildman–Crippen MR) is 88.2 cm³/mol. The van der Waals surface area contributed by atoms with Crippen LogP contribution in [0.25, 0.3) is 0 Å². The SMILES string of the molecule is CCCC(NC1=NC(CC(C)C)CS1)c1cccs1. The molecule has 0 saturated heterocycles. The minimum absolute atomic E-state index is 0.439. The van der Waals surface area contributed by atoms with Gasteiger partial charge in [-0.25, -0.2) is 0 Å². The van der Waals surface area contributed by atoms with Crippen molar-refractivity contribution in [1.82, 2.24) is 5.32 Å². The summed E-state index contributed by atoms with van der Waals surface area (Å²) in [5.74, 6) is 1.88. The lowest BCUT2D eigenvalue weighted by atomic mass is 10.1. The molecule has 2 atom stereocenters. The van der Waals surface area contributed by atoms with E-state index in [4.69, 9.17) is 4.99 Å². The molecule has 106 valence electrons. The normalized spacial score (nSPS) is 20.6. The number of nitrogens with one attached hydrogen (secondary N) is 1. The zero-order valence-electron chi connectivity index (χ0n) is 12.1. The maximum absolute atomic E-state index is 4.83. The van der Waals surface area contributed by atoms with Crippen molar-refractivity contribution in [1.29, 1.82) is 0 Å². The molecule has 19 heavy (non-hydrogen) atoms. The molecule has 1 N–H and O–H groups in total. The first-order valence-corrected chi connectivity index (χ1v) is 9.06. The van der Waals surface area contributed by atoms with Crippen molar-refractivity contribution >= 4 is 28.3 Å². The van der Waals surface area contributed by atoms with Gasteiger partial charge in [-0.15, -0.1) is 11.3 Å². The van der Waals surface area contributed by atoms with Gasteiger partial charge in [-0.1, -0.05) is 45.0 Å². The lowest BCUT2D eigenvalue weighted by Crippen LogP contribution is -2.24. The number of thiophene rings is 1. The number of hydrogen-bond donors (Lipinski definition) is 1. The molecule has 2 heterocycles. The Morgan fingerprint density at radius 2 is 2.32 bits per heavy atom. The van der Waals surface area contributed by atoms with Crippen LogP contribution in [0.5, 0.6) is 0 Å². The van der Waals surface area contributed by atoms with Crippen LogP contribution in [0.1, 0.15) is 51.0 Å². The zero-order chi connectivity index (χ0) is 13.7. The summed E-state index contributed by atoms with van der Waals surface area (Å²) in [6.45, 7) is 6.79. The Kier molecular flexibility index (Phi) is 5.76. The first-order valence-electron chi connectivity index (χ1n) is 7.19. The second-order valence-corrected chi connectivity index (χ2v) is 7.52. The number of rotatable bonds is 6. The van der Waals surface area contributed by atoms with Crippen molar-refractivity contribution in [2.24, 2.45) is 10.9 Å². The molecule has 0 aromatic carbocycles. The average molecular weight is 297 g/mol. The molecule has 0 aliphatic carbocycles. The Morgan fingerprint density at radius 3 is 2.95 bits per heavy atom. The first-order chi connectivity index (χ1) is 9.19. The van der Waals surface area contributed by atoms with Crippen LogP contribution in [0.2, 0.25) is 0 Å². The summed E-state index contributed by atoms with van der Waals surface area (Å²) >= 11 is 3.73. The van der Waals surface area contributed by atoms with Gasteiger partial charge in [0.25, 0.3) is 0 Å². The summed E-state index contributed by atoms with van der Waals surface area (Å²) in [5.41, 5.74) is 0. The van der Waals surface area contributed by atoms with Crippen LogP contribution in [0, 0.1) is 5.92 Å². The standard InChI is InChI=1S/C15H24N2S2/c1-4-6-13(14-7-5-8-18-14)17-15-16-12(10-19-15)9-11(2)3/h5,7-8,11-13H,4,6,9-10H2,1-3H3,(H,16,17). The fraction of sp³-hybridized carbons (Fsp3) is 0.667. The summed E-state index contributed by atoms with van der Waals surface area (Å²) in [6.07, 6.45) is 3.58. The Balaban J connectivity index is 1.95. The Labute approximate surface area is 125 Å². The van der Waals surface area contributed by atoms with Crippen molar-refractivity contribution in [2.45, 2.75) is 52.1 Å². The fourth-order valence-corrected chi connectivity index (χ4v) is 4.19. The van der Waals surface area contributed by atoms with E-state index >= 15 is 0 Å². The van der Waals surface area contributed by atoms with Crippen LogP contribution in [0.3, 0.4) is 0 Å². The highest BCUT2D eigenvalue weighted by Crippen LogP contribution is 2.27. The number of nitrogens with zero attached hydrogens (tertiary/aromatic N) is 1. The van der Waals surface area contributed by atoms with Crippen LogP contribution in [0.4, 0.5) is 0 Å². The molecule has 0 spiro atoms. The molecule has 0 radical (unpaired) electrons. The van der Waals surface area contributed by atoms with Crippen molar-refractivity contribution < 1.29 is 0 Å². The van der Waals surface area contributed by atoms with Gasteiger partial charge in [0.2, 0.25) is 0 Å². The smallest absolute Gasteiger partial charge is 0.157 e. The Bertz CT molecular complexity index is 398. The van der Waals surface area contributed by atoms with Gasteiger partial charge >= 0.3 is 0 Å². The third-order valence-electron chi connectivity index (χ3n) is 3.22. The number of aliphatic imine (C=N–C) groups is 1. The van der Waals surface area contributed by atoms with Crippen molar-refractivity contribution in [2.75, 3.05) is 5.75 Å². The molecule has 4 heteroatoms. The van der Waals surface area contributed by atoms with Crippen LogP contribution in [0.15, 0.2) is 22.5 Å². The minimum atomic E-state index is 0.439. The largest absolute Gasteiger partial charge is 0.357 e. The van der Waals surface area contributed by atoms with E-state index in [2.05, 4.69) is 43.6 Å². The van der Waals surface area contributed by atoms with Gasteiger partial charge < -0.3 is 5.32 Å². The molecule has 1 aliphatic rings. The predicted octanol–water partition coefficient (Wildman–Crippen LogP) is 4.70. The monoisotopic (exact) mass is 296 g/mol. The molecule has 1 aromatic rings. The highest BCUT2D eigenvalue weighted by atomic mass is 32.2. The van der Waals surface area contributed by atoms with Gasteiger partial charge in [0.15, 0.2) is 5.17 Å². The summed E-state index contributed by atoms with van der Waals surface area (Å²) in [7, 11) is 0. The second kappa shape index (κ2) is 7.34. The number of thioether (sulfide) groups is 1. The van der Waals surface area contributed by atoms with Gasteiger partial charge in [-0.3, -0.25) is 4.99 Å². The van der Waals surface area contributed by atoms with E-state index in [1.165, 1.54) is 24.1 Å². The summed E-state index contributed by atoms with van der Waals surface area (Å²) in [6, 6.07) is 5.31. The number of amidine groups is 1. The second-order valence-electron chi connectivity index (χ2n) is 5.53. The van der Waals surface area contributed by atoms with Crippen molar-refractivity contribution in [3.63, 3.8) is 0 Å². The first kappa shape index (κ1) is 14.9. The van der Waals surface area contributed by atoms with E-state index in [1.54, 1.807) is 0 Å². The zero-order valence-corrected chi connectivity index (χ0v) is 13.7. The van der Waals surface area contributed by atoms with Crippen LogP contribution >= 0.6 is 23.1 Å². The highest BCUT2D eigenvalue weighted by Gasteiger charge is 2.22. The van der Waals surface area contributed by atoms with Gasteiger partial charge in [-0.05, 0) is 30.2 Å². The Morgan fingerprint density at radius 1 is 1.47 bits per heavy atom. The molecule has 0 amide bonds. The van der Waals surface area contributed by atoms with E-state index in [0.29, 0.717) is 12.1 Å². The summed E-state index contributed by atoms with van der Waals surface area (Å²) in [5, 5.41) is 6.95. The van der Waals surface area contributed by atoms with E-state index < -0.39 is 0 Å². The van der Waals surface area contributed by atoms with Crippen LogP contribution in [-0.4, -0.2) is 17.0 Å².